The Morgan fingerprint density at radius 2 is 2.45 bits per heavy atom. The van der Waals surface area contributed by atoms with Gasteiger partial charge in [0.25, 0.3) is 0 Å². The van der Waals surface area contributed by atoms with Gasteiger partial charge in [0.05, 0.1) is 6.10 Å². The zero-order chi connectivity index (χ0) is 8.27. The summed E-state index contributed by atoms with van der Waals surface area (Å²) < 4.78 is 0. The van der Waals surface area contributed by atoms with Crippen LogP contribution in [0.5, 0.6) is 0 Å². The van der Waals surface area contributed by atoms with Gasteiger partial charge in [0.2, 0.25) is 0 Å². The van der Waals surface area contributed by atoms with Crippen LogP contribution in [-0.4, -0.2) is 16.6 Å². The predicted molar refractivity (Wildman–Crippen MR) is 44.4 cm³/mol. The van der Waals surface area contributed by atoms with Gasteiger partial charge >= 0.3 is 0 Å². The van der Waals surface area contributed by atoms with E-state index in [1.54, 1.807) is 12.3 Å². The smallest absolute Gasteiger partial charge is 0.106 e. The van der Waals surface area contributed by atoms with Crippen LogP contribution >= 0.6 is 11.6 Å². The summed E-state index contributed by atoms with van der Waals surface area (Å²) in [4.78, 5) is 2.77. The van der Waals surface area contributed by atoms with Crippen LogP contribution in [0, 0.1) is 0 Å². The number of aromatic nitrogens is 1. The second-order valence-corrected chi connectivity index (χ2v) is 2.78. The Balaban J connectivity index is 2.60. The lowest BCUT2D eigenvalue weighted by molar-refractivity contribution is 0.170. The van der Waals surface area contributed by atoms with Crippen LogP contribution in [-0.2, 0) is 0 Å². The topological polar surface area (TPSA) is 62.0 Å². The van der Waals surface area contributed by atoms with Gasteiger partial charge in [0, 0.05) is 6.20 Å². The van der Waals surface area contributed by atoms with Crippen LogP contribution in [0.1, 0.15) is 18.1 Å². The van der Waals surface area contributed by atoms with E-state index < -0.39 is 6.10 Å². The van der Waals surface area contributed by atoms with Crippen molar-refractivity contribution in [2.24, 2.45) is 5.73 Å². The molecule has 3 nitrogen and oxygen atoms in total. The van der Waals surface area contributed by atoms with Crippen molar-refractivity contribution >= 4 is 11.6 Å². The molecule has 62 valence electrons. The molecule has 1 rings (SSSR count). The minimum Gasteiger partial charge on any atom is -0.388 e. The van der Waals surface area contributed by atoms with E-state index in [-0.39, 0.29) is 0 Å². The van der Waals surface area contributed by atoms with Crippen molar-refractivity contribution in [1.82, 2.24) is 4.98 Å². The van der Waals surface area contributed by atoms with Gasteiger partial charge < -0.3 is 15.8 Å². The van der Waals surface area contributed by atoms with Crippen LogP contribution in [0.3, 0.4) is 0 Å². The molecule has 0 amide bonds. The summed E-state index contributed by atoms with van der Waals surface area (Å²) in [7, 11) is 0. The van der Waals surface area contributed by atoms with Crippen molar-refractivity contribution in [3.05, 3.63) is 23.0 Å². The lowest BCUT2D eigenvalue weighted by Crippen LogP contribution is -2.05. The first kappa shape index (κ1) is 8.59. The minimum absolute atomic E-state index is 0.476. The molecule has 0 aliphatic rings. The molecule has 0 aromatic carbocycles. The number of hydrogen-bond acceptors (Lipinski definition) is 2. The number of nitrogens with one attached hydrogen (secondary N) is 1. The average molecular weight is 175 g/mol. The molecule has 1 atom stereocenters. The molecule has 1 aromatic rings. The molecule has 4 heteroatoms. The molecule has 0 aliphatic carbocycles. The average Bonchev–Trinajstić information content (AvgIpc) is 2.36. The monoisotopic (exact) mass is 174 g/mol. The van der Waals surface area contributed by atoms with Crippen LogP contribution in [0.15, 0.2) is 12.3 Å². The molecular formula is C7H11ClN2O. The van der Waals surface area contributed by atoms with Crippen molar-refractivity contribution in [2.75, 3.05) is 6.54 Å². The number of rotatable bonds is 3. The summed E-state index contributed by atoms with van der Waals surface area (Å²) in [6, 6.07) is 1.70. The summed E-state index contributed by atoms with van der Waals surface area (Å²) in [5.41, 5.74) is 6.06. The molecular weight excluding hydrogens is 164 g/mol. The van der Waals surface area contributed by atoms with Crippen molar-refractivity contribution in [3.8, 4) is 0 Å². The Bertz CT molecular complexity index is 224. The molecule has 1 heterocycles. The third-order valence-corrected chi connectivity index (χ3v) is 1.71. The molecule has 1 unspecified atom stereocenters. The molecule has 0 spiro atoms. The third-order valence-electron chi connectivity index (χ3n) is 1.49. The molecule has 0 radical (unpaired) electrons. The zero-order valence-corrected chi connectivity index (χ0v) is 6.80. The van der Waals surface area contributed by atoms with Crippen LogP contribution in [0.25, 0.3) is 0 Å². The largest absolute Gasteiger partial charge is 0.388 e. The van der Waals surface area contributed by atoms with Gasteiger partial charge in [-0.3, -0.25) is 0 Å². The van der Waals surface area contributed by atoms with Gasteiger partial charge in [0.15, 0.2) is 0 Å². The summed E-state index contributed by atoms with van der Waals surface area (Å²) in [6.07, 6.45) is 1.75. The van der Waals surface area contributed by atoms with Gasteiger partial charge in [-0.1, -0.05) is 11.6 Å². The molecule has 0 saturated heterocycles. The summed E-state index contributed by atoms with van der Waals surface area (Å²) in [5.74, 6) is 0. The predicted octanol–water partition coefficient (Wildman–Crippen LogP) is 1.05. The third kappa shape index (κ3) is 2.22. The SMILES string of the molecule is NCCC(O)c1c[nH]c(Cl)c1. The number of halogens is 1. The fraction of sp³-hybridized carbons (Fsp3) is 0.429. The van der Waals surface area contributed by atoms with E-state index in [9.17, 15) is 5.11 Å². The normalized spacial score (nSPS) is 13.4. The summed E-state index contributed by atoms with van der Waals surface area (Å²) in [6.45, 7) is 0.476. The van der Waals surface area contributed by atoms with Gasteiger partial charge in [-0.2, -0.15) is 0 Å². The van der Waals surface area contributed by atoms with E-state index in [1.807, 2.05) is 0 Å². The fourth-order valence-electron chi connectivity index (χ4n) is 0.899. The maximum absolute atomic E-state index is 9.38. The maximum atomic E-state index is 9.38. The van der Waals surface area contributed by atoms with Gasteiger partial charge in [-0.25, -0.2) is 0 Å². The Kier molecular flexibility index (Phi) is 2.93. The Morgan fingerprint density at radius 3 is 2.91 bits per heavy atom. The lowest BCUT2D eigenvalue weighted by atomic mass is 10.1. The molecule has 1 aromatic heterocycles. The van der Waals surface area contributed by atoms with E-state index >= 15 is 0 Å². The van der Waals surface area contributed by atoms with E-state index in [0.29, 0.717) is 18.1 Å². The molecule has 4 N–H and O–H groups in total. The number of nitrogens with two attached hydrogens (primary N) is 1. The van der Waals surface area contributed by atoms with E-state index in [4.69, 9.17) is 17.3 Å². The molecule has 0 saturated carbocycles. The highest BCUT2D eigenvalue weighted by molar-refractivity contribution is 6.29. The van der Waals surface area contributed by atoms with Crippen molar-refractivity contribution in [3.63, 3.8) is 0 Å². The quantitative estimate of drug-likeness (QED) is 0.642. The highest BCUT2D eigenvalue weighted by Crippen LogP contribution is 2.18. The van der Waals surface area contributed by atoms with E-state index in [2.05, 4.69) is 4.98 Å². The Morgan fingerprint density at radius 1 is 1.73 bits per heavy atom. The van der Waals surface area contributed by atoms with Crippen molar-refractivity contribution < 1.29 is 5.11 Å². The lowest BCUT2D eigenvalue weighted by Gasteiger charge is -2.04. The number of aliphatic hydroxyl groups is 1. The zero-order valence-electron chi connectivity index (χ0n) is 6.05. The number of aromatic amines is 1. The highest BCUT2D eigenvalue weighted by atomic mass is 35.5. The van der Waals surface area contributed by atoms with E-state index in [1.165, 1.54) is 0 Å². The second-order valence-electron chi connectivity index (χ2n) is 2.37. The Labute approximate surface area is 70.2 Å². The maximum Gasteiger partial charge on any atom is 0.106 e. The molecule has 0 fully saturated rings. The molecule has 11 heavy (non-hydrogen) atoms. The first-order chi connectivity index (χ1) is 5.24. The summed E-state index contributed by atoms with van der Waals surface area (Å²) in [5, 5.41) is 9.91. The molecule has 0 bridgehead atoms. The molecule has 0 aliphatic heterocycles. The highest BCUT2D eigenvalue weighted by Gasteiger charge is 2.07. The van der Waals surface area contributed by atoms with Gasteiger partial charge in [-0.15, -0.1) is 0 Å². The van der Waals surface area contributed by atoms with Crippen LogP contribution in [0.4, 0.5) is 0 Å². The second kappa shape index (κ2) is 3.76. The minimum atomic E-state index is -0.497. The van der Waals surface area contributed by atoms with E-state index in [0.717, 1.165) is 5.56 Å². The number of aliphatic hydroxyl groups excluding tert-OH is 1. The van der Waals surface area contributed by atoms with Crippen molar-refractivity contribution in [2.45, 2.75) is 12.5 Å². The number of hydrogen-bond donors (Lipinski definition) is 3. The Hall–Kier alpha value is -0.510. The first-order valence-electron chi connectivity index (χ1n) is 3.46. The first-order valence-corrected chi connectivity index (χ1v) is 3.84. The number of H-pyrrole nitrogens is 1. The summed E-state index contributed by atoms with van der Waals surface area (Å²) >= 11 is 5.61. The standard InChI is InChI=1S/C7H11ClN2O/c8-7-3-5(4-10-7)6(11)1-2-9/h3-4,6,10-11H,1-2,9H2. The van der Waals surface area contributed by atoms with Crippen LogP contribution in [0.2, 0.25) is 5.15 Å². The van der Waals surface area contributed by atoms with Gasteiger partial charge in [-0.05, 0) is 24.6 Å². The van der Waals surface area contributed by atoms with Gasteiger partial charge in [0.1, 0.15) is 5.15 Å². The fourth-order valence-corrected chi connectivity index (χ4v) is 1.08. The van der Waals surface area contributed by atoms with Crippen LogP contribution < -0.4 is 5.73 Å². The van der Waals surface area contributed by atoms with Crippen molar-refractivity contribution in [1.29, 1.82) is 0 Å².